The molecule has 2 aromatic rings. The molecule has 0 radical (unpaired) electrons. The van der Waals surface area contributed by atoms with Crippen LogP contribution in [0.15, 0.2) is 60.3 Å². The molecule has 26 heavy (non-hydrogen) atoms. The number of anilines is 2. The van der Waals surface area contributed by atoms with Crippen molar-refractivity contribution >= 4 is 23.0 Å². The van der Waals surface area contributed by atoms with Crippen molar-refractivity contribution in [1.82, 2.24) is 0 Å². The molecule has 7 nitrogen and oxygen atoms in total. The minimum atomic E-state index is -0.576. The number of carbonyl (C=O) groups is 1. The van der Waals surface area contributed by atoms with E-state index >= 15 is 0 Å². The van der Waals surface area contributed by atoms with Crippen molar-refractivity contribution in [3.8, 4) is 6.07 Å². The lowest BCUT2D eigenvalue weighted by Gasteiger charge is -2.19. The van der Waals surface area contributed by atoms with Crippen LogP contribution in [0.1, 0.15) is 12.5 Å². The molecule has 0 saturated carbocycles. The Balaban J connectivity index is 2.20. The number of nitrogens with one attached hydrogen (secondary N) is 1. The Labute approximate surface area is 151 Å². The van der Waals surface area contributed by atoms with Crippen molar-refractivity contribution in [2.45, 2.75) is 13.8 Å². The number of nitro groups is 1. The zero-order chi connectivity index (χ0) is 19.1. The summed E-state index contributed by atoms with van der Waals surface area (Å²) in [6.45, 7) is 4.47. The molecule has 1 amide bonds. The second-order valence-corrected chi connectivity index (χ2v) is 5.54. The predicted octanol–water partition coefficient (Wildman–Crippen LogP) is 3.78. The van der Waals surface area contributed by atoms with Crippen LogP contribution in [-0.2, 0) is 4.79 Å². The quantitative estimate of drug-likeness (QED) is 0.370. The first-order valence-electron chi connectivity index (χ1n) is 7.95. The van der Waals surface area contributed by atoms with Gasteiger partial charge in [-0.2, -0.15) is 5.26 Å². The second kappa shape index (κ2) is 8.44. The molecule has 0 bridgehead atoms. The average molecular weight is 350 g/mol. The Morgan fingerprint density at radius 3 is 2.54 bits per heavy atom. The van der Waals surface area contributed by atoms with Crippen LogP contribution in [0.25, 0.3) is 0 Å². The third kappa shape index (κ3) is 4.68. The molecule has 0 aliphatic rings. The van der Waals surface area contributed by atoms with Crippen molar-refractivity contribution in [2.75, 3.05) is 16.8 Å². The first-order chi connectivity index (χ1) is 12.4. The van der Waals surface area contributed by atoms with Gasteiger partial charge >= 0.3 is 0 Å². The number of non-ortho nitro benzene ring substituents is 1. The Morgan fingerprint density at radius 1 is 1.31 bits per heavy atom. The van der Waals surface area contributed by atoms with E-state index in [2.05, 4.69) is 5.32 Å². The number of nitriles is 1. The standard InChI is InChI=1S/C19H18N4O3/c1-3-22(18-6-4-5-14(2)11-18)13-15(12-20)19(24)21-16-7-9-17(10-8-16)23(25)26/h4-11,13H,3H2,1-2H3,(H,21,24)/b15-13-. The van der Waals surface area contributed by atoms with E-state index in [1.165, 1.54) is 30.5 Å². The summed E-state index contributed by atoms with van der Waals surface area (Å²) in [5, 5.41) is 22.6. The molecule has 0 aliphatic heterocycles. The van der Waals surface area contributed by atoms with E-state index in [0.717, 1.165) is 11.3 Å². The van der Waals surface area contributed by atoms with Gasteiger partial charge in [0.15, 0.2) is 0 Å². The topological polar surface area (TPSA) is 99.3 Å². The molecule has 0 aliphatic carbocycles. The van der Waals surface area contributed by atoms with Gasteiger partial charge in [-0.15, -0.1) is 0 Å². The SMILES string of the molecule is CCN(/C=C(/C#N)C(=O)Nc1ccc([N+](=O)[O-])cc1)c1cccc(C)c1. The van der Waals surface area contributed by atoms with Crippen molar-refractivity contribution < 1.29 is 9.72 Å². The van der Waals surface area contributed by atoms with E-state index in [-0.39, 0.29) is 11.3 Å². The number of rotatable bonds is 6. The van der Waals surface area contributed by atoms with E-state index in [9.17, 15) is 20.2 Å². The number of hydrogen-bond acceptors (Lipinski definition) is 5. The maximum atomic E-state index is 12.3. The number of nitro benzene ring substituents is 1. The van der Waals surface area contributed by atoms with Crippen LogP contribution < -0.4 is 10.2 Å². The van der Waals surface area contributed by atoms with Crippen LogP contribution in [0.4, 0.5) is 17.1 Å². The highest BCUT2D eigenvalue weighted by Gasteiger charge is 2.13. The first kappa shape index (κ1) is 18.7. The summed E-state index contributed by atoms with van der Waals surface area (Å²) in [5.74, 6) is -0.576. The monoisotopic (exact) mass is 350 g/mol. The maximum Gasteiger partial charge on any atom is 0.269 e. The van der Waals surface area contributed by atoms with Crippen LogP contribution >= 0.6 is 0 Å². The number of hydrogen-bond donors (Lipinski definition) is 1. The fourth-order valence-electron chi connectivity index (χ4n) is 2.31. The van der Waals surface area contributed by atoms with E-state index in [1.54, 1.807) is 4.90 Å². The maximum absolute atomic E-state index is 12.3. The van der Waals surface area contributed by atoms with Crippen LogP contribution in [-0.4, -0.2) is 17.4 Å². The van der Waals surface area contributed by atoms with Gasteiger partial charge in [0.1, 0.15) is 11.6 Å². The zero-order valence-corrected chi connectivity index (χ0v) is 14.5. The molecule has 0 spiro atoms. The minimum absolute atomic E-state index is 0.0632. The van der Waals surface area contributed by atoms with Crippen LogP contribution in [0, 0.1) is 28.4 Å². The zero-order valence-electron chi connectivity index (χ0n) is 14.5. The smallest absolute Gasteiger partial charge is 0.269 e. The number of nitrogens with zero attached hydrogens (tertiary/aromatic N) is 3. The lowest BCUT2D eigenvalue weighted by molar-refractivity contribution is -0.384. The molecule has 2 rings (SSSR count). The fraction of sp³-hybridized carbons (Fsp3) is 0.158. The molecule has 0 unspecified atom stereocenters. The van der Waals surface area contributed by atoms with E-state index in [4.69, 9.17) is 0 Å². The number of benzene rings is 2. The summed E-state index contributed by atoms with van der Waals surface area (Å²) >= 11 is 0. The van der Waals surface area contributed by atoms with E-state index in [0.29, 0.717) is 12.2 Å². The molecular weight excluding hydrogens is 332 g/mol. The normalized spacial score (nSPS) is 10.7. The van der Waals surface area contributed by atoms with Crippen molar-refractivity contribution in [3.05, 3.63) is 76.0 Å². The highest BCUT2D eigenvalue weighted by Crippen LogP contribution is 2.19. The van der Waals surface area contributed by atoms with Gasteiger partial charge in [0.25, 0.3) is 11.6 Å². The lowest BCUT2D eigenvalue weighted by Crippen LogP contribution is -2.20. The summed E-state index contributed by atoms with van der Waals surface area (Å²) in [4.78, 5) is 24.3. The Hall–Kier alpha value is -3.66. The van der Waals surface area contributed by atoms with Gasteiger partial charge in [-0.1, -0.05) is 12.1 Å². The van der Waals surface area contributed by atoms with E-state index in [1.807, 2.05) is 44.2 Å². The van der Waals surface area contributed by atoms with Gasteiger partial charge in [0, 0.05) is 36.3 Å². The third-order valence-corrected chi connectivity index (χ3v) is 3.66. The molecule has 0 aromatic heterocycles. The van der Waals surface area contributed by atoms with E-state index < -0.39 is 10.8 Å². The van der Waals surface area contributed by atoms with Crippen LogP contribution in [0.5, 0.6) is 0 Å². The average Bonchev–Trinajstić information content (AvgIpc) is 2.63. The van der Waals surface area contributed by atoms with Gasteiger partial charge in [-0.25, -0.2) is 0 Å². The predicted molar refractivity (Wildman–Crippen MR) is 99.6 cm³/mol. The van der Waals surface area contributed by atoms with Crippen molar-refractivity contribution in [3.63, 3.8) is 0 Å². The number of carbonyl (C=O) groups excluding carboxylic acids is 1. The van der Waals surface area contributed by atoms with Gasteiger partial charge in [-0.3, -0.25) is 14.9 Å². The Morgan fingerprint density at radius 2 is 2.00 bits per heavy atom. The Kier molecular flexibility index (Phi) is 6.06. The minimum Gasteiger partial charge on any atom is -0.347 e. The molecule has 1 N–H and O–H groups in total. The summed E-state index contributed by atoms with van der Waals surface area (Å²) < 4.78 is 0. The fourth-order valence-corrected chi connectivity index (χ4v) is 2.31. The van der Waals surface area contributed by atoms with Crippen LogP contribution in [0.2, 0.25) is 0 Å². The van der Waals surface area contributed by atoms with Gasteiger partial charge in [0.05, 0.1) is 4.92 Å². The van der Waals surface area contributed by atoms with Gasteiger partial charge < -0.3 is 10.2 Å². The summed E-state index contributed by atoms with van der Waals surface area (Å²) in [6, 6.07) is 15.0. The van der Waals surface area contributed by atoms with Gasteiger partial charge in [0.2, 0.25) is 0 Å². The molecule has 132 valence electrons. The summed E-state index contributed by atoms with van der Waals surface area (Å²) in [5.41, 5.74) is 2.19. The highest BCUT2D eigenvalue weighted by atomic mass is 16.6. The van der Waals surface area contributed by atoms with Gasteiger partial charge in [-0.05, 0) is 43.7 Å². The second-order valence-electron chi connectivity index (χ2n) is 5.54. The number of aryl methyl sites for hydroxylation is 1. The molecule has 0 atom stereocenters. The summed E-state index contributed by atoms with van der Waals surface area (Å²) in [6.07, 6.45) is 1.50. The Bertz CT molecular complexity index is 882. The molecule has 0 fully saturated rings. The largest absolute Gasteiger partial charge is 0.347 e. The highest BCUT2D eigenvalue weighted by molar-refractivity contribution is 6.06. The molecule has 2 aromatic carbocycles. The first-order valence-corrected chi connectivity index (χ1v) is 7.95. The lowest BCUT2D eigenvalue weighted by atomic mass is 10.2. The molecule has 7 heteroatoms. The molecular formula is C19H18N4O3. The molecule has 0 heterocycles. The molecule has 0 saturated heterocycles. The summed E-state index contributed by atoms with van der Waals surface area (Å²) in [7, 11) is 0. The van der Waals surface area contributed by atoms with Crippen molar-refractivity contribution in [2.24, 2.45) is 0 Å². The van der Waals surface area contributed by atoms with Crippen molar-refractivity contribution in [1.29, 1.82) is 5.26 Å². The number of amides is 1. The van der Waals surface area contributed by atoms with Crippen LogP contribution in [0.3, 0.4) is 0 Å². The third-order valence-electron chi connectivity index (χ3n) is 3.66.